The number of benzene rings is 1. The van der Waals surface area contributed by atoms with Gasteiger partial charge in [-0.05, 0) is 51.0 Å². The number of carbonyl (C=O) groups is 4. The van der Waals surface area contributed by atoms with E-state index in [1.807, 2.05) is 32.0 Å². The van der Waals surface area contributed by atoms with Crippen molar-refractivity contribution in [2.24, 2.45) is 0 Å². The number of hydrogen-bond acceptors (Lipinski definition) is 6. The SMILES string of the molecule is Cc1noc(C)c1CCC(=O)N1CCCNC(=O)CCC(c2ccccc2)CCNC(=O)C1.O=CO. The zero-order valence-electron chi connectivity index (χ0n) is 21.0. The van der Waals surface area contributed by atoms with Crippen molar-refractivity contribution in [3.8, 4) is 0 Å². The number of amides is 3. The molecule has 10 heteroatoms. The van der Waals surface area contributed by atoms with Gasteiger partial charge in [-0.2, -0.15) is 0 Å². The van der Waals surface area contributed by atoms with Crippen LogP contribution in [0.1, 0.15) is 60.6 Å². The van der Waals surface area contributed by atoms with Crippen LogP contribution in [0.5, 0.6) is 0 Å². The molecule has 0 spiro atoms. The van der Waals surface area contributed by atoms with Gasteiger partial charge >= 0.3 is 0 Å². The van der Waals surface area contributed by atoms with Crippen molar-refractivity contribution in [2.45, 2.75) is 58.3 Å². The quantitative estimate of drug-likeness (QED) is 0.547. The third-order valence-corrected chi connectivity index (χ3v) is 6.19. The van der Waals surface area contributed by atoms with Gasteiger partial charge < -0.3 is 25.2 Å². The predicted octanol–water partition coefficient (Wildman–Crippen LogP) is 2.34. The van der Waals surface area contributed by atoms with Gasteiger partial charge in [-0.25, -0.2) is 0 Å². The summed E-state index contributed by atoms with van der Waals surface area (Å²) in [5, 5.41) is 16.7. The van der Waals surface area contributed by atoms with Gasteiger partial charge in [-0.15, -0.1) is 0 Å². The van der Waals surface area contributed by atoms with Gasteiger partial charge in [0.2, 0.25) is 17.7 Å². The van der Waals surface area contributed by atoms with Crippen molar-refractivity contribution < 1.29 is 28.8 Å². The number of carboxylic acid groups (broad SMARTS) is 1. The first-order valence-corrected chi connectivity index (χ1v) is 12.2. The Balaban J connectivity index is 0.00000145. The summed E-state index contributed by atoms with van der Waals surface area (Å²) in [5.41, 5.74) is 2.90. The Bertz CT molecular complexity index is 972. The molecule has 0 radical (unpaired) electrons. The molecule has 0 aliphatic carbocycles. The number of aryl methyl sites for hydroxylation is 2. The van der Waals surface area contributed by atoms with E-state index in [0.717, 1.165) is 29.9 Å². The Hall–Kier alpha value is -3.69. The minimum absolute atomic E-state index is 0.0182. The van der Waals surface area contributed by atoms with Crippen LogP contribution in [0, 0.1) is 13.8 Å². The average Bonchev–Trinajstić information content (AvgIpc) is 3.19. The second-order valence-electron chi connectivity index (χ2n) is 8.71. The van der Waals surface area contributed by atoms with Crippen molar-refractivity contribution in [1.29, 1.82) is 0 Å². The number of aromatic nitrogens is 1. The highest BCUT2D eigenvalue weighted by molar-refractivity contribution is 5.85. The van der Waals surface area contributed by atoms with Crippen LogP contribution in [0.25, 0.3) is 0 Å². The van der Waals surface area contributed by atoms with Crippen molar-refractivity contribution in [1.82, 2.24) is 20.7 Å². The second-order valence-corrected chi connectivity index (χ2v) is 8.71. The molecule has 1 aromatic carbocycles. The summed E-state index contributed by atoms with van der Waals surface area (Å²) in [4.78, 5) is 47.8. The third-order valence-electron chi connectivity index (χ3n) is 6.19. The number of nitrogens with one attached hydrogen (secondary N) is 2. The lowest BCUT2D eigenvalue weighted by molar-refractivity contribution is -0.136. The molecule has 36 heavy (non-hydrogen) atoms. The summed E-state index contributed by atoms with van der Waals surface area (Å²) in [7, 11) is 0. The fourth-order valence-electron chi connectivity index (χ4n) is 4.25. The van der Waals surface area contributed by atoms with Crippen LogP contribution in [0.2, 0.25) is 0 Å². The Morgan fingerprint density at radius 1 is 1.14 bits per heavy atom. The highest BCUT2D eigenvalue weighted by Crippen LogP contribution is 2.24. The summed E-state index contributed by atoms with van der Waals surface area (Å²) in [6.07, 6.45) is 3.30. The minimum atomic E-state index is -0.250. The third kappa shape index (κ3) is 9.52. The van der Waals surface area contributed by atoms with Crippen molar-refractivity contribution >= 4 is 24.2 Å². The lowest BCUT2D eigenvalue weighted by Crippen LogP contribution is -2.42. The summed E-state index contributed by atoms with van der Waals surface area (Å²) in [5.74, 6) is 0.676. The standard InChI is InChI=1S/C25H34N4O4.CH2O2/c1-18-22(19(2)33-28-18)10-12-25(32)29-16-6-14-26-23(30)11-9-21(13-15-27-24(31)17-29)20-7-4-3-5-8-20;2-1-3/h3-5,7-8,21H,6,9-17H2,1-2H3,(H,26,30)(H,27,31);1H,(H,2,3). The topological polar surface area (TPSA) is 142 Å². The maximum Gasteiger partial charge on any atom is 0.290 e. The smallest absolute Gasteiger partial charge is 0.290 e. The molecule has 196 valence electrons. The van der Waals surface area contributed by atoms with Crippen LogP contribution in [0.15, 0.2) is 34.9 Å². The van der Waals surface area contributed by atoms with E-state index in [1.54, 1.807) is 4.90 Å². The fourth-order valence-corrected chi connectivity index (χ4v) is 4.25. The van der Waals surface area contributed by atoms with Crippen LogP contribution in [-0.4, -0.2) is 65.5 Å². The summed E-state index contributed by atoms with van der Waals surface area (Å²) in [6, 6.07) is 10.1. The molecule has 1 saturated heterocycles. The molecule has 3 amide bonds. The van der Waals surface area contributed by atoms with Crippen molar-refractivity contribution in [3.63, 3.8) is 0 Å². The van der Waals surface area contributed by atoms with E-state index in [-0.39, 0.29) is 43.1 Å². The van der Waals surface area contributed by atoms with Crippen LogP contribution in [0.4, 0.5) is 0 Å². The molecule has 2 aromatic rings. The first-order valence-electron chi connectivity index (χ1n) is 12.2. The monoisotopic (exact) mass is 500 g/mol. The highest BCUT2D eigenvalue weighted by Gasteiger charge is 2.20. The van der Waals surface area contributed by atoms with E-state index >= 15 is 0 Å². The second kappa shape index (κ2) is 15.3. The molecular weight excluding hydrogens is 464 g/mol. The van der Waals surface area contributed by atoms with Crippen molar-refractivity contribution in [3.05, 3.63) is 52.9 Å². The van der Waals surface area contributed by atoms with Gasteiger partial charge in [0.15, 0.2) is 0 Å². The predicted molar refractivity (Wildman–Crippen MR) is 133 cm³/mol. The lowest BCUT2D eigenvalue weighted by Gasteiger charge is -2.24. The van der Waals surface area contributed by atoms with Gasteiger partial charge in [0, 0.05) is 38.0 Å². The average molecular weight is 501 g/mol. The molecule has 1 aliphatic heterocycles. The van der Waals surface area contributed by atoms with E-state index in [9.17, 15) is 14.4 Å². The number of carbonyl (C=O) groups excluding carboxylic acids is 3. The Morgan fingerprint density at radius 3 is 2.50 bits per heavy atom. The Kier molecular flexibility index (Phi) is 12.2. The van der Waals surface area contributed by atoms with Crippen LogP contribution >= 0.6 is 0 Å². The molecule has 0 saturated carbocycles. The number of rotatable bonds is 4. The van der Waals surface area contributed by atoms with Gasteiger partial charge in [0.25, 0.3) is 6.47 Å². The molecule has 1 atom stereocenters. The van der Waals surface area contributed by atoms with Crippen molar-refractivity contribution in [2.75, 3.05) is 26.2 Å². The summed E-state index contributed by atoms with van der Waals surface area (Å²) < 4.78 is 5.18. The maximum atomic E-state index is 12.9. The Morgan fingerprint density at radius 2 is 1.83 bits per heavy atom. The number of hydrogen-bond donors (Lipinski definition) is 3. The van der Waals surface area contributed by atoms with Gasteiger partial charge in [-0.3, -0.25) is 19.2 Å². The van der Waals surface area contributed by atoms with Gasteiger partial charge in [0.1, 0.15) is 5.76 Å². The molecule has 1 aromatic heterocycles. The molecule has 0 bridgehead atoms. The first kappa shape index (κ1) is 28.5. The van der Waals surface area contributed by atoms with E-state index < -0.39 is 0 Å². The Labute approximate surface area is 211 Å². The summed E-state index contributed by atoms with van der Waals surface area (Å²) in [6.45, 7) is 4.85. The molecule has 1 aliphatic rings. The molecule has 2 heterocycles. The van der Waals surface area contributed by atoms with Gasteiger partial charge in [-0.1, -0.05) is 35.5 Å². The van der Waals surface area contributed by atoms with E-state index in [4.69, 9.17) is 14.4 Å². The number of nitrogens with zero attached hydrogens (tertiary/aromatic N) is 2. The van der Waals surface area contributed by atoms with Crippen LogP contribution in [0.3, 0.4) is 0 Å². The molecule has 3 rings (SSSR count). The fraction of sp³-hybridized carbons (Fsp3) is 0.500. The molecule has 10 nitrogen and oxygen atoms in total. The molecular formula is C26H36N4O6. The molecule has 3 N–H and O–H groups in total. The minimum Gasteiger partial charge on any atom is -0.483 e. The summed E-state index contributed by atoms with van der Waals surface area (Å²) >= 11 is 0. The van der Waals surface area contributed by atoms with Gasteiger partial charge in [0.05, 0.1) is 12.2 Å². The van der Waals surface area contributed by atoms with E-state index in [2.05, 4.69) is 27.9 Å². The van der Waals surface area contributed by atoms with E-state index in [0.29, 0.717) is 38.9 Å². The zero-order valence-corrected chi connectivity index (χ0v) is 21.0. The van der Waals surface area contributed by atoms with Crippen LogP contribution < -0.4 is 10.6 Å². The lowest BCUT2D eigenvalue weighted by atomic mass is 9.91. The normalized spacial score (nSPS) is 17.6. The largest absolute Gasteiger partial charge is 0.483 e. The first-order chi connectivity index (χ1) is 17.3. The molecule has 1 unspecified atom stereocenters. The molecule has 1 fully saturated rings. The zero-order chi connectivity index (χ0) is 26.3. The van der Waals surface area contributed by atoms with E-state index in [1.165, 1.54) is 5.56 Å². The maximum absolute atomic E-state index is 12.9. The highest BCUT2D eigenvalue weighted by atomic mass is 16.5. The van der Waals surface area contributed by atoms with Crippen LogP contribution in [-0.2, 0) is 25.6 Å².